The summed E-state index contributed by atoms with van der Waals surface area (Å²) in [6.45, 7) is 4.73. The minimum Gasteiger partial charge on any atom is -0.340 e. The van der Waals surface area contributed by atoms with E-state index in [-0.39, 0.29) is 5.91 Å². The average molecular weight is 370 g/mol. The molecule has 5 nitrogen and oxygen atoms in total. The number of amides is 1. The van der Waals surface area contributed by atoms with E-state index in [9.17, 15) is 13.6 Å². The number of carbonyl (C=O) groups excluding carboxylic acids is 1. The SMILES string of the molecule is CC(C)(C(=O)N1CCc2[nH]nc(-c3ccc(F)c(F)c3)c2C1)n1cccc1. The highest BCUT2D eigenvalue weighted by Gasteiger charge is 2.35. The van der Waals surface area contributed by atoms with E-state index in [0.29, 0.717) is 30.8 Å². The van der Waals surface area contributed by atoms with Crippen molar-refractivity contribution < 1.29 is 13.6 Å². The highest BCUT2D eigenvalue weighted by molar-refractivity contribution is 5.84. The van der Waals surface area contributed by atoms with Crippen LogP contribution in [-0.4, -0.2) is 32.1 Å². The largest absolute Gasteiger partial charge is 0.340 e. The number of fused-ring (bicyclic) bond motifs is 1. The lowest BCUT2D eigenvalue weighted by atomic mass is 9.97. The number of benzene rings is 1. The standard InChI is InChI=1S/C20H20F2N4O/c1-20(2,26-8-3-4-9-26)19(27)25-10-7-17-14(12-25)18(24-23-17)13-5-6-15(21)16(22)11-13/h3-6,8-9,11H,7,10,12H2,1-2H3,(H,23,24). The number of nitrogens with zero attached hydrogens (tertiary/aromatic N) is 3. The smallest absolute Gasteiger partial charge is 0.248 e. The van der Waals surface area contributed by atoms with E-state index in [0.717, 1.165) is 23.4 Å². The van der Waals surface area contributed by atoms with E-state index in [2.05, 4.69) is 10.2 Å². The minimum atomic E-state index is -0.915. The molecule has 3 aromatic rings. The first-order valence-electron chi connectivity index (χ1n) is 8.82. The summed E-state index contributed by atoms with van der Waals surface area (Å²) < 4.78 is 28.8. The Balaban J connectivity index is 1.64. The van der Waals surface area contributed by atoms with E-state index in [1.165, 1.54) is 6.07 Å². The van der Waals surface area contributed by atoms with Crippen molar-refractivity contribution in [1.82, 2.24) is 19.7 Å². The van der Waals surface area contributed by atoms with Gasteiger partial charge in [0.25, 0.3) is 0 Å². The van der Waals surface area contributed by atoms with Gasteiger partial charge < -0.3 is 9.47 Å². The van der Waals surface area contributed by atoms with E-state index in [1.54, 1.807) is 4.90 Å². The summed E-state index contributed by atoms with van der Waals surface area (Å²) in [5.41, 5.74) is 2.11. The third kappa shape index (κ3) is 2.93. The highest BCUT2D eigenvalue weighted by atomic mass is 19.2. The van der Waals surface area contributed by atoms with E-state index < -0.39 is 17.2 Å². The number of carbonyl (C=O) groups is 1. The summed E-state index contributed by atoms with van der Waals surface area (Å²) in [7, 11) is 0. The van der Waals surface area contributed by atoms with Gasteiger partial charge in [-0.2, -0.15) is 5.10 Å². The lowest BCUT2D eigenvalue weighted by molar-refractivity contribution is -0.140. The fraction of sp³-hybridized carbons (Fsp3) is 0.300. The number of H-pyrrole nitrogens is 1. The first-order chi connectivity index (χ1) is 12.9. The predicted octanol–water partition coefficient (Wildman–Crippen LogP) is 3.48. The van der Waals surface area contributed by atoms with Gasteiger partial charge in [0.15, 0.2) is 11.6 Å². The number of hydrogen-bond donors (Lipinski definition) is 1. The van der Waals surface area contributed by atoms with Crippen molar-refractivity contribution in [2.24, 2.45) is 0 Å². The Morgan fingerprint density at radius 2 is 1.93 bits per heavy atom. The Morgan fingerprint density at radius 3 is 2.63 bits per heavy atom. The number of halogens is 2. The van der Waals surface area contributed by atoms with Crippen LogP contribution in [0.1, 0.15) is 25.1 Å². The molecular weight excluding hydrogens is 350 g/mol. The molecule has 0 aliphatic carbocycles. The molecule has 1 amide bonds. The van der Waals surface area contributed by atoms with E-state index >= 15 is 0 Å². The molecule has 2 aromatic heterocycles. The second-order valence-electron chi connectivity index (χ2n) is 7.28. The third-order valence-corrected chi connectivity index (χ3v) is 5.19. The Labute approximate surface area is 155 Å². The fourth-order valence-electron chi connectivity index (χ4n) is 3.56. The van der Waals surface area contributed by atoms with Crippen LogP contribution in [0.15, 0.2) is 42.7 Å². The van der Waals surface area contributed by atoms with Gasteiger partial charge in [-0.3, -0.25) is 9.89 Å². The number of nitrogens with one attached hydrogen (secondary N) is 1. The molecule has 4 rings (SSSR count). The number of aromatic amines is 1. The Bertz CT molecular complexity index is 992. The van der Waals surface area contributed by atoms with Crippen molar-refractivity contribution in [1.29, 1.82) is 0 Å². The molecule has 3 heterocycles. The first kappa shape index (κ1) is 17.5. The quantitative estimate of drug-likeness (QED) is 0.768. The molecule has 0 spiro atoms. The monoisotopic (exact) mass is 370 g/mol. The normalized spacial score (nSPS) is 14.3. The summed E-state index contributed by atoms with van der Waals surface area (Å²) in [6, 6.07) is 7.50. The van der Waals surface area contributed by atoms with Gasteiger partial charge in [-0.1, -0.05) is 0 Å². The van der Waals surface area contributed by atoms with Gasteiger partial charge in [-0.15, -0.1) is 0 Å². The van der Waals surface area contributed by atoms with Crippen molar-refractivity contribution in [3.8, 4) is 11.3 Å². The summed E-state index contributed by atoms with van der Waals surface area (Å²) in [6.07, 6.45) is 4.38. The van der Waals surface area contributed by atoms with Crippen molar-refractivity contribution in [2.45, 2.75) is 32.4 Å². The van der Waals surface area contributed by atoms with Gasteiger partial charge in [-0.25, -0.2) is 8.78 Å². The average Bonchev–Trinajstić information content (AvgIpc) is 3.33. The number of hydrogen-bond acceptors (Lipinski definition) is 2. The van der Waals surface area contributed by atoms with E-state index in [1.807, 2.05) is 42.9 Å². The molecule has 0 bridgehead atoms. The predicted molar refractivity (Wildman–Crippen MR) is 96.8 cm³/mol. The Kier molecular flexibility index (Phi) is 4.09. The van der Waals surface area contributed by atoms with Crippen LogP contribution >= 0.6 is 0 Å². The molecule has 0 atom stereocenters. The van der Waals surface area contributed by atoms with Crippen LogP contribution in [0.25, 0.3) is 11.3 Å². The van der Waals surface area contributed by atoms with Crippen LogP contribution in [0.5, 0.6) is 0 Å². The molecule has 0 saturated heterocycles. The zero-order valence-electron chi connectivity index (χ0n) is 15.2. The zero-order chi connectivity index (χ0) is 19.2. The first-order valence-corrected chi connectivity index (χ1v) is 8.82. The van der Waals surface area contributed by atoms with Gasteiger partial charge in [-0.05, 0) is 44.2 Å². The third-order valence-electron chi connectivity index (χ3n) is 5.19. The minimum absolute atomic E-state index is 0.00165. The summed E-state index contributed by atoms with van der Waals surface area (Å²) in [5, 5.41) is 7.26. The molecule has 1 N–H and O–H groups in total. The van der Waals surface area contributed by atoms with Gasteiger partial charge >= 0.3 is 0 Å². The van der Waals surface area contributed by atoms with Crippen molar-refractivity contribution in [3.05, 3.63) is 65.6 Å². The molecule has 1 aliphatic rings. The molecular formula is C20H20F2N4O. The maximum atomic E-state index is 13.6. The zero-order valence-corrected chi connectivity index (χ0v) is 15.2. The summed E-state index contributed by atoms with van der Waals surface area (Å²) in [5.74, 6) is -1.81. The summed E-state index contributed by atoms with van der Waals surface area (Å²) in [4.78, 5) is 15.0. The molecule has 140 valence electrons. The van der Waals surface area contributed by atoms with Crippen LogP contribution in [0.3, 0.4) is 0 Å². The topological polar surface area (TPSA) is 53.9 Å². The maximum Gasteiger partial charge on any atom is 0.248 e. The van der Waals surface area contributed by atoms with Crippen LogP contribution in [0.2, 0.25) is 0 Å². The molecule has 1 aromatic carbocycles. The van der Waals surface area contributed by atoms with Gasteiger partial charge in [0.2, 0.25) is 5.91 Å². The number of aromatic nitrogens is 3. The molecule has 0 unspecified atom stereocenters. The molecule has 0 fully saturated rings. The lowest BCUT2D eigenvalue weighted by Gasteiger charge is -2.35. The van der Waals surface area contributed by atoms with Gasteiger partial charge in [0.05, 0.1) is 5.69 Å². The van der Waals surface area contributed by atoms with Crippen LogP contribution in [0, 0.1) is 11.6 Å². The van der Waals surface area contributed by atoms with Crippen LogP contribution in [0.4, 0.5) is 8.78 Å². The maximum absolute atomic E-state index is 13.6. The highest BCUT2D eigenvalue weighted by Crippen LogP contribution is 2.31. The van der Waals surface area contributed by atoms with E-state index in [4.69, 9.17) is 0 Å². The lowest BCUT2D eigenvalue weighted by Crippen LogP contribution is -2.48. The summed E-state index contributed by atoms with van der Waals surface area (Å²) >= 11 is 0. The molecule has 1 aliphatic heterocycles. The van der Waals surface area contributed by atoms with Crippen LogP contribution in [-0.2, 0) is 23.3 Å². The second-order valence-corrected chi connectivity index (χ2v) is 7.28. The van der Waals surface area contributed by atoms with Crippen LogP contribution < -0.4 is 0 Å². The van der Waals surface area contributed by atoms with Crippen molar-refractivity contribution in [2.75, 3.05) is 6.54 Å². The number of rotatable bonds is 3. The molecule has 7 heteroatoms. The molecule has 27 heavy (non-hydrogen) atoms. The Hall–Kier alpha value is -2.96. The van der Waals surface area contributed by atoms with Gasteiger partial charge in [0.1, 0.15) is 5.54 Å². The second kappa shape index (κ2) is 6.33. The molecule has 0 radical (unpaired) electrons. The van der Waals surface area contributed by atoms with Crippen molar-refractivity contribution >= 4 is 5.91 Å². The fourth-order valence-corrected chi connectivity index (χ4v) is 3.56. The molecule has 0 saturated carbocycles. The van der Waals surface area contributed by atoms with Crippen molar-refractivity contribution in [3.63, 3.8) is 0 Å². The van der Waals surface area contributed by atoms with Gasteiger partial charge in [0, 0.05) is 48.7 Å². The Morgan fingerprint density at radius 1 is 1.19 bits per heavy atom.